The average Bonchev–Trinajstić information content (AvgIpc) is 3.05. The summed E-state index contributed by atoms with van der Waals surface area (Å²) in [4.78, 5) is 14.7. The van der Waals surface area contributed by atoms with Gasteiger partial charge in [-0.15, -0.1) is 0 Å². The van der Waals surface area contributed by atoms with Crippen molar-refractivity contribution in [2.45, 2.75) is 0 Å². The number of amides is 1. The van der Waals surface area contributed by atoms with Crippen LogP contribution < -0.4 is 0 Å². The third-order valence-electron chi connectivity index (χ3n) is 4.61. The average molecular weight is 297 g/mol. The van der Waals surface area contributed by atoms with E-state index in [2.05, 4.69) is 16.7 Å². The molecule has 0 atom stereocenters. The molecule has 3 aromatic rings. The molecule has 2 aromatic heterocycles. The first-order valence-corrected chi connectivity index (χ1v) is 7.58. The van der Waals surface area contributed by atoms with Crippen molar-refractivity contribution in [3.05, 3.63) is 36.0 Å². The SMILES string of the molecule is Cn1c(C(=O)N2CCOCC2)cc2c1c1ccccc1n2C. The number of benzene rings is 1. The van der Waals surface area contributed by atoms with Crippen LogP contribution >= 0.6 is 0 Å². The Hall–Kier alpha value is -2.27. The van der Waals surface area contributed by atoms with Crippen molar-refractivity contribution in [2.24, 2.45) is 14.1 Å². The number of aromatic nitrogens is 2. The van der Waals surface area contributed by atoms with Crippen molar-refractivity contribution >= 4 is 27.8 Å². The summed E-state index contributed by atoms with van der Waals surface area (Å²) >= 11 is 0. The summed E-state index contributed by atoms with van der Waals surface area (Å²) < 4.78 is 9.51. The number of hydrogen-bond acceptors (Lipinski definition) is 2. The van der Waals surface area contributed by atoms with Gasteiger partial charge in [-0.05, 0) is 12.1 Å². The Morgan fingerprint density at radius 3 is 2.55 bits per heavy atom. The molecule has 114 valence electrons. The zero-order chi connectivity index (χ0) is 15.3. The normalized spacial score (nSPS) is 15.8. The van der Waals surface area contributed by atoms with Crippen molar-refractivity contribution in [1.82, 2.24) is 14.0 Å². The smallest absolute Gasteiger partial charge is 0.270 e. The van der Waals surface area contributed by atoms with Gasteiger partial charge in [0.25, 0.3) is 5.91 Å². The maximum atomic E-state index is 12.8. The molecule has 0 radical (unpaired) electrons. The first-order valence-electron chi connectivity index (χ1n) is 7.58. The highest BCUT2D eigenvalue weighted by atomic mass is 16.5. The van der Waals surface area contributed by atoms with E-state index in [0.29, 0.717) is 26.3 Å². The van der Waals surface area contributed by atoms with E-state index >= 15 is 0 Å². The number of ether oxygens (including phenoxy) is 1. The van der Waals surface area contributed by atoms with Gasteiger partial charge in [-0.3, -0.25) is 4.79 Å². The molecule has 5 heteroatoms. The third kappa shape index (κ3) is 1.78. The minimum atomic E-state index is 0.0890. The Labute approximate surface area is 128 Å². The molecule has 22 heavy (non-hydrogen) atoms. The molecular weight excluding hydrogens is 278 g/mol. The number of fused-ring (bicyclic) bond motifs is 3. The fourth-order valence-electron chi connectivity index (χ4n) is 3.39. The monoisotopic (exact) mass is 297 g/mol. The first kappa shape index (κ1) is 13.4. The molecule has 0 aliphatic carbocycles. The van der Waals surface area contributed by atoms with Gasteiger partial charge in [0.2, 0.25) is 0 Å². The minimum Gasteiger partial charge on any atom is -0.378 e. The van der Waals surface area contributed by atoms with Crippen LogP contribution in [0.3, 0.4) is 0 Å². The van der Waals surface area contributed by atoms with Crippen LogP contribution in [0.5, 0.6) is 0 Å². The summed E-state index contributed by atoms with van der Waals surface area (Å²) in [5.74, 6) is 0.0890. The van der Waals surface area contributed by atoms with E-state index in [9.17, 15) is 4.79 Å². The highest BCUT2D eigenvalue weighted by Gasteiger charge is 2.24. The van der Waals surface area contributed by atoms with Gasteiger partial charge in [0.15, 0.2) is 0 Å². The number of morpholine rings is 1. The van der Waals surface area contributed by atoms with E-state index in [0.717, 1.165) is 16.7 Å². The van der Waals surface area contributed by atoms with Crippen LogP contribution in [0, 0.1) is 0 Å². The van der Waals surface area contributed by atoms with Gasteiger partial charge in [-0.25, -0.2) is 0 Å². The second kappa shape index (κ2) is 4.88. The Balaban J connectivity index is 1.87. The number of aryl methyl sites for hydroxylation is 2. The third-order valence-corrected chi connectivity index (χ3v) is 4.61. The van der Waals surface area contributed by atoms with Gasteiger partial charge in [0.1, 0.15) is 5.69 Å². The van der Waals surface area contributed by atoms with Crippen LogP contribution in [-0.4, -0.2) is 46.2 Å². The lowest BCUT2D eigenvalue weighted by Gasteiger charge is -2.26. The van der Waals surface area contributed by atoms with Gasteiger partial charge in [0.05, 0.1) is 29.8 Å². The van der Waals surface area contributed by atoms with Crippen molar-refractivity contribution in [3.63, 3.8) is 0 Å². The molecule has 1 aliphatic heterocycles. The summed E-state index contributed by atoms with van der Waals surface area (Å²) in [7, 11) is 4.02. The van der Waals surface area contributed by atoms with Crippen LogP contribution in [0.25, 0.3) is 21.9 Å². The van der Waals surface area contributed by atoms with E-state index in [4.69, 9.17) is 4.74 Å². The van der Waals surface area contributed by atoms with Crippen LogP contribution in [0.4, 0.5) is 0 Å². The largest absolute Gasteiger partial charge is 0.378 e. The molecule has 4 rings (SSSR count). The van der Waals surface area contributed by atoms with E-state index in [1.807, 2.05) is 41.8 Å². The lowest BCUT2D eigenvalue weighted by molar-refractivity contribution is 0.0297. The van der Waals surface area contributed by atoms with Gasteiger partial charge in [0, 0.05) is 32.6 Å². The summed E-state index contributed by atoms with van der Waals surface area (Å²) in [6, 6.07) is 10.3. The zero-order valence-corrected chi connectivity index (χ0v) is 12.9. The topological polar surface area (TPSA) is 39.4 Å². The predicted octanol–water partition coefficient (Wildman–Crippen LogP) is 2.14. The second-order valence-electron chi connectivity index (χ2n) is 5.80. The molecule has 0 unspecified atom stereocenters. The second-order valence-corrected chi connectivity index (χ2v) is 5.80. The maximum Gasteiger partial charge on any atom is 0.270 e. The first-order chi connectivity index (χ1) is 10.7. The van der Waals surface area contributed by atoms with Gasteiger partial charge >= 0.3 is 0 Å². The molecule has 0 bridgehead atoms. The summed E-state index contributed by atoms with van der Waals surface area (Å²) in [6.45, 7) is 2.58. The molecule has 1 fully saturated rings. The summed E-state index contributed by atoms with van der Waals surface area (Å²) in [5, 5.41) is 1.18. The number of para-hydroxylation sites is 1. The number of rotatable bonds is 1. The van der Waals surface area contributed by atoms with Crippen LogP contribution in [0.1, 0.15) is 10.5 Å². The van der Waals surface area contributed by atoms with E-state index in [1.54, 1.807) is 0 Å². The lowest BCUT2D eigenvalue weighted by atomic mass is 10.2. The van der Waals surface area contributed by atoms with Crippen molar-refractivity contribution in [2.75, 3.05) is 26.3 Å². The van der Waals surface area contributed by atoms with Crippen molar-refractivity contribution in [1.29, 1.82) is 0 Å². The molecular formula is C17H19N3O2. The molecule has 5 nitrogen and oxygen atoms in total. The lowest BCUT2D eigenvalue weighted by Crippen LogP contribution is -2.41. The predicted molar refractivity (Wildman–Crippen MR) is 86.1 cm³/mol. The minimum absolute atomic E-state index is 0.0890. The Morgan fingerprint density at radius 2 is 1.77 bits per heavy atom. The molecule has 0 saturated carbocycles. The molecule has 1 amide bonds. The fraction of sp³-hybridized carbons (Fsp3) is 0.353. The van der Waals surface area contributed by atoms with Crippen molar-refractivity contribution in [3.8, 4) is 0 Å². The van der Waals surface area contributed by atoms with Crippen LogP contribution in [0.2, 0.25) is 0 Å². The molecule has 1 saturated heterocycles. The van der Waals surface area contributed by atoms with E-state index < -0.39 is 0 Å². The number of carbonyl (C=O) groups is 1. The number of carbonyl (C=O) groups excluding carboxylic acids is 1. The molecule has 0 spiro atoms. The fourth-order valence-corrected chi connectivity index (χ4v) is 3.39. The Kier molecular flexibility index (Phi) is 2.97. The summed E-state index contributed by atoms with van der Waals surface area (Å²) in [6.07, 6.45) is 0. The quantitative estimate of drug-likeness (QED) is 0.690. The molecule has 1 aromatic carbocycles. The van der Waals surface area contributed by atoms with Crippen LogP contribution in [-0.2, 0) is 18.8 Å². The molecule has 1 aliphatic rings. The number of nitrogens with zero attached hydrogens (tertiary/aromatic N) is 3. The standard InChI is InChI=1S/C17H19N3O2/c1-18-13-6-4-3-5-12(13)16-14(18)11-15(19(16)2)17(21)20-7-9-22-10-8-20/h3-6,11H,7-10H2,1-2H3. The number of hydrogen-bond donors (Lipinski definition) is 0. The Bertz CT molecular complexity index is 869. The van der Waals surface area contributed by atoms with Gasteiger partial charge in [-0.1, -0.05) is 18.2 Å². The van der Waals surface area contributed by atoms with Crippen molar-refractivity contribution < 1.29 is 9.53 Å². The Morgan fingerprint density at radius 1 is 1.05 bits per heavy atom. The van der Waals surface area contributed by atoms with Gasteiger partial charge in [-0.2, -0.15) is 0 Å². The van der Waals surface area contributed by atoms with Crippen LogP contribution in [0.15, 0.2) is 30.3 Å². The summed E-state index contributed by atoms with van der Waals surface area (Å²) in [5.41, 5.74) is 4.15. The molecule has 0 N–H and O–H groups in total. The highest BCUT2D eigenvalue weighted by Crippen LogP contribution is 2.30. The van der Waals surface area contributed by atoms with E-state index in [1.165, 1.54) is 10.9 Å². The van der Waals surface area contributed by atoms with Gasteiger partial charge < -0.3 is 18.8 Å². The molecule has 3 heterocycles. The van der Waals surface area contributed by atoms with E-state index in [-0.39, 0.29) is 5.91 Å². The zero-order valence-electron chi connectivity index (χ0n) is 12.9. The highest BCUT2D eigenvalue weighted by molar-refractivity contribution is 6.10. The maximum absolute atomic E-state index is 12.8.